The van der Waals surface area contributed by atoms with Crippen molar-refractivity contribution in [2.24, 2.45) is 0 Å². The summed E-state index contributed by atoms with van der Waals surface area (Å²) in [7, 11) is 1.61. The molecule has 1 aromatic carbocycles. The molecule has 0 radical (unpaired) electrons. The highest BCUT2D eigenvalue weighted by molar-refractivity contribution is 5.92. The molecule has 0 atom stereocenters. The largest absolute Gasteiger partial charge is 0.368 e. The highest BCUT2D eigenvalue weighted by atomic mass is 16.1. The van der Waals surface area contributed by atoms with Gasteiger partial charge in [0.25, 0.3) is 11.5 Å². The molecule has 170 valence electrons. The van der Waals surface area contributed by atoms with Crippen molar-refractivity contribution in [3.05, 3.63) is 64.5 Å². The average molecular weight is 445 g/mol. The van der Waals surface area contributed by atoms with Gasteiger partial charge in [-0.05, 0) is 49.9 Å². The lowest BCUT2D eigenvalue weighted by Crippen LogP contribution is -2.62. The van der Waals surface area contributed by atoms with E-state index in [0.29, 0.717) is 11.1 Å². The Morgan fingerprint density at radius 2 is 1.85 bits per heavy atom. The maximum absolute atomic E-state index is 12.6. The van der Waals surface area contributed by atoms with Crippen molar-refractivity contribution in [3.8, 4) is 0 Å². The van der Waals surface area contributed by atoms with Gasteiger partial charge in [-0.3, -0.25) is 14.5 Å². The molecule has 4 aliphatic rings. The first-order chi connectivity index (χ1) is 16.0. The first-order valence-electron chi connectivity index (χ1n) is 11.7. The molecule has 3 aliphatic carbocycles. The van der Waals surface area contributed by atoms with Gasteiger partial charge in [-0.2, -0.15) is 0 Å². The number of hydrogen-bond acceptors (Lipinski definition) is 6. The summed E-state index contributed by atoms with van der Waals surface area (Å²) in [4.78, 5) is 41.6. The van der Waals surface area contributed by atoms with Crippen LogP contribution in [0.25, 0.3) is 10.9 Å². The molecule has 8 heteroatoms. The van der Waals surface area contributed by atoms with Crippen LogP contribution in [0.3, 0.4) is 0 Å². The first kappa shape index (κ1) is 20.4. The van der Waals surface area contributed by atoms with Gasteiger partial charge in [-0.25, -0.2) is 9.97 Å². The summed E-state index contributed by atoms with van der Waals surface area (Å²) in [6.45, 7) is 3.91. The molecule has 2 bridgehead atoms. The number of anilines is 1. The molecular weight excluding hydrogens is 416 g/mol. The Labute approximate surface area is 192 Å². The number of nitrogens with zero attached hydrogens (tertiary/aromatic N) is 4. The molecule has 2 N–H and O–H groups in total. The quantitative estimate of drug-likeness (QED) is 0.640. The predicted molar refractivity (Wildman–Crippen MR) is 127 cm³/mol. The van der Waals surface area contributed by atoms with Crippen molar-refractivity contribution in [1.29, 1.82) is 0 Å². The summed E-state index contributed by atoms with van der Waals surface area (Å²) in [5.74, 6) is 0.711. The summed E-state index contributed by atoms with van der Waals surface area (Å²) in [6, 6.07) is 11.4. The van der Waals surface area contributed by atoms with Crippen LogP contribution in [0.15, 0.2) is 47.4 Å². The minimum absolute atomic E-state index is 0.0138. The van der Waals surface area contributed by atoms with E-state index in [1.165, 1.54) is 0 Å². The van der Waals surface area contributed by atoms with E-state index in [9.17, 15) is 9.59 Å². The molecule has 33 heavy (non-hydrogen) atoms. The number of H-pyrrole nitrogens is 1. The number of hydrogen-bond donors (Lipinski definition) is 2. The van der Waals surface area contributed by atoms with Crippen LogP contribution in [0.5, 0.6) is 0 Å². The Morgan fingerprint density at radius 1 is 1.06 bits per heavy atom. The Balaban J connectivity index is 1.14. The number of pyridine rings is 1. The van der Waals surface area contributed by atoms with E-state index in [1.807, 2.05) is 30.3 Å². The van der Waals surface area contributed by atoms with Crippen molar-refractivity contribution in [3.63, 3.8) is 0 Å². The van der Waals surface area contributed by atoms with E-state index in [0.717, 1.165) is 68.9 Å². The molecule has 0 unspecified atom stereocenters. The molecule has 8 nitrogen and oxygen atoms in total. The summed E-state index contributed by atoms with van der Waals surface area (Å²) in [5.41, 5.74) is 2.51. The van der Waals surface area contributed by atoms with Gasteiger partial charge >= 0.3 is 0 Å². The molecule has 1 amide bonds. The van der Waals surface area contributed by atoms with Crippen LogP contribution < -0.4 is 15.8 Å². The van der Waals surface area contributed by atoms with Crippen molar-refractivity contribution < 1.29 is 4.79 Å². The molecule has 0 spiro atoms. The van der Waals surface area contributed by atoms with Crippen LogP contribution in [0, 0.1) is 0 Å². The molecule has 2 aromatic heterocycles. The van der Waals surface area contributed by atoms with E-state index >= 15 is 0 Å². The number of para-hydroxylation sites is 1. The number of fused-ring (bicyclic) bond motifs is 2. The summed E-state index contributed by atoms with van der Waals surface area (Å²) in [6.07, 6.45) is 6.18. The van der Waals surface area contributed by atoms with Gasteiger partial charge in [-0.1, -0.05) is 12.1 Å². The second kappa shape index (κ2) is 7.38. The second-order valence-corrected chi connectivity index (χ2v) is 9.74. The molecule has 1 saturated heterocycles. The van der Waals surface area contributed by atoms with E-state index in [-0.39, 0.29) is 22.4 Å². The van der Waals surface area contributed by atoms with Crippen LogP contribution in [-0.4, -0.2) is 64.5 Å². The van der Waals surface area contributed by atoms with Crippen LogP contribution in [0.4, 0.5) is 5.69 Å². The normalized spacial score (nSPS) is 26.9. The Bertz CT molecular complexity index is 1270. The maximum Gasteiger partial charge on any atom is 0.269 e. The number of nitrogens with one attached hydrogen (secondary N) is 2. The Hall–Kier alpha value is -3.26. The number of rotatable bonds is 4. The molecule has 1 aliphatic heterocycles. The van der Waals surface area contributed by atoms with Crippen LogP contribution in [-0.2, 0) is 5.41 Å². The van der Waals surface area contributed by atoms with Crippen molar-refractivity contribution in [2.45, 2.75) is 36.6 Å². The lowest BCUT2D eigenvalue weighted by atomic mass is 9.63. The molecule has 3 heterocycles. The molecule has 4 fully saturated rings. The van der Waals surface area contributed by atoms with Gasteiger partial charge in [0, 0.05) is 44.2 Å². The molecular formula is C25H28N6O2. The number of piperazine rings is 1. The van der Waals surface area contributed by atoms with Gasteiger partial charge in [0.2, 0.25) is 0 Å². The number of aromatic amines is 1. The zero-order chi connectivity index (χ0) is 22.6. The zero-order valence-corrected chi connectivity index (χ0v) is 18.8. The molecule has 3 saturated carbocycles. The number of aromatic nitrogens is 3. The van der Waals surface area contributed by atoms with Crippen LogP contribution in [0.1, 0.15) is 42.0 Å². The van der Waals surface area contributed by atoms with Crippen molar-refractivity contribution >= 4 is 22.5 Å². The fraction of sp³-hybridized carbons (Fsp3) is 0.440. The Kier molecular flexibility index (Phi) is 4.55. The monoisotopic (exact) mass is 444 g/mol. The summed E-state index contributed by atoms with van der Waals surface area (Å²) in [5, 5.41) is 3.27. The van der Waals surface area contributed by atoms with Crippen molar-refractivity contribution in [2.75, 3.05) is 38.1 Å². The van der Waals surface area contributed by atoms with E-state index < -0.39 is 0 Å². The number of benzene rings is 1. The summed E-state index contributed by atoms with van der Waals surface area (Å²) >= 11 is 0. The smallest absolute Gasteiger partial charge is 0.269 e. The SMILES string of the molecule is CNC(=O)c1ccc(N2CCN(C34CCC(c5nc6ccccc6c(=O)[nH]5)(C3)C4)CC2)cn1. The maximum atomic E-state index is 12.6. The third-order valence-corrected chi connectivity index (χ3v) is 8.04. The van der Waals surface area contributed by atoms with Crippen molar-refractivity contribution in [1.82, 2.24) is 25.2 Å². The predicted octanol–water partition coefficient (Wildman–Crippen LogP) is 2.06. The minimum atomic E-state index is -0.164. The van der Waals surface area contributed by atoms with Gasteiger partial charge in [0.15, 0.2) is 0 Å². The lowest BCUT2D eigenvalue weighted by molar-refractivity contribution is 0.00411. The van der Waals surface area contributed by atoms with Crippen LogP contribution >= 0.6 is 0 Å². The fourth-order valence-corrected chi connectivity index (χ4v) is 6.31. The standard InChI is InChI=1S/C25H28N6O2/c1-26-22(33)20-7-6-17(14-27-20)30-10-12-31(13-11-30)25-9-8-24(15-25,16-25)23-28-19-5-3-2-4-18(19)21(32)29-23/h2-7,14H,8-13,15-16H2,1H3,(H,26,33)(H,28,29,32). The first-order valence-corrected chi connectivity index (χ1v) is 11.7. The summed E-state index contributed by atoms with van der Waals surface area (Å²) < 4.78 is 0. The fourth-order valence-electron chi connectivity index (χ4n) is 6.31. The zero-order valence-electron chi connectivity index (χ0n) is 18.8. The average Bonchev–Trinajstić information content (AvgIpc) is 3.42. The van der Waals surface area contributed by atoms with E-state index in [4.69, 9.17) is 4.98 Å². The topological polar surface area (TPSA) is 94.2 Å². The highest BCUT2D eigenvalue weighted by Crippen LogP contribution is 2.64. The van der Waals surface area contributed by atoms with E-state index in [1.54, 1.807) is 19.3 Å². The molecule has 7 rings (SSSR count). The van der Waals surface area contributed by atoms with E-state index in [2.05, 4.69) is 25.1 Å². The van der Waals surface area contributed by atoms with Gasteiger partial charge in [-0.15, -0.1) is 0 Å². The number of amides is 1. The van der Waals surface area contributed by atoms with Crippen LogP contribution in [0.2, 0.25) is 0 Å². The minimum Gasteiger partial charge on any atom is -0.368 e. The van der Waals surface area contributed by atoms with Gasteiger partial charge in [0.05, 0.1) is 22.8 Å². The third kappa shape index (κ3) is 3.15. The van der Waals surface area contributed by atoms with Gasteiger partial charge < -0.3 is 15.2 Å². The number of carbonyl (C=O) groups is 1. The third-order valence-electron chi connectivity index (χ3n) is 8.04. The second-order valence-electron chi connectivity index (χ2n) is 9.74. The highest BCUT2D eigenvalue weighted by Gasteiger charge is 2.64. The number of carbonyl (C=O) groups excluding carboxylic acids is 1. The lowest BCUT2D eigenvalue weighted by Gasteiger charge is -2.55. The molecule has 3 aromatic rings. The Morgan fingerprint density at radius 3 is 2.58 bits per heavy atom. The van der Waals surface area contributed by atoms with Gasteiger partial charge in [0.1, 0.15) is 11.5 Å².